The van der Waals surface area contributed by atoms with Crippen molar-refractivity contribution >= 4 is 10.4 Å². The summed E-state index contributed by atoms with van der Waals surface area (Å²) in [7, 11) is -5.43. The first kappa shape index (κ1) is 37.5. The molecule has 0 bridgehead atoms. The van der Waals surface area contributed by atoms with Crippen LogP contribution in [0.25, 0.3) is 0 Å². The van der Waals surface area contributed by atoms with Crippen LogP contribution in [0.5, 0.6) is 0 Å². The van der Waals surface area contributed by atoms with E-state index in [0.29, 0.717) is 13.0 Å². The molecule has 0 spiro atoms. The predicted molar refractivity (Wildman–Crippen MR) is 128 cm³/mol. The maximum absolute atomic E-state index is 11.2. The molecule has 0 aliphatic carbocycles. The van der Waals surface area contributed by atoms with Gasteiger partial charge in [-0.2, -0.15) is 0 Å². The van der Waals surface area contributed by atoms with E-state index in [2.05, 4.69) is 4.18 Å². The molecule has 0 saturated carbocycles. The van der Waals surface area contributed by atoms with Crippen molar-refractivity contribution in [2.24, 2.45) is 0 Å². The number of hydrogen-bond donors (Lipinski definition) is 8. The second-order valence-corrected chi connectivity index (χ2v) is 11.2. The molecule has 0 radical (unpaired) electrons. The molecule has 0 amide bonds. The van der Waals surface area contributed by atoms with Gasteiger partial charge in [0.2, 0.25) is 10.4 Å². The predicted octanol–water partition coefficient (Wildman–Crippen LogP) is -8.29. The van der Waals surface area contributed by atoms with Gasteiger partial charge in [-0.1, -0.05) is 13.3 Å². The fraction of sp³-hybridized carbons (Fsp3) is 1.00. The van der Waals surface area contributed by atoms with Crippen LogP contribution in [0, 0.1) is 0 Å². The third-order valence-electron chi connectivity index (χ3n) is 7.40. The van der Waals surface area contributed by atoms with Crippen molar-refractivity contribution in [2.75, 3.05) is 26.3 Å². The van der Waals surface area contributed by atoms with Crippen LogP contribution >= 0.6 is 0 Å². The van der Waals surface area contributed by atoms with E-state index in [1.165, 1.54) is 6.92 Å². The minimum absolute atomic E-state index is 0. The van der Waals surface area contributed by atoms with Crippen molar-refractivity contribution < 1.29 is 107 Å². The molecular formula is C22H40NNaO16S. The molecule has 0 unspecified atom stereocenters. The zero-order valence-electron chi connectivity index (χ0n) is 23.0. The van der Waals surface area contributed by atoms with Crippen LogP contribution in [-0.4, -0.2) is 171 Å². The molecule has 14 atom stereocenters. The van der Waals surface area contributed by atoms with Crippen LogP contribution in [0.4, 0.5) is 0 Å². The average molecular weight is 630 g/mol. The maximum Gasteiger partial charge on any atom is 1.00 e. The van der Waals surface area contributed by atoms with Gasteiger partial charge in [0.1, 0.15) is 54.9 Å². The van der Waals surface area contributed by atoms with Crippen LogP contribution in [0.15, 0.2) is 0 Å². The molecule has 3 aliphatic heterocycles. The molecular weight excluding hydrogens is 589 g/mol. The van der Waals surface area contributed by atoms with E-state index in [4.69, 9.17) is 18.9 Å². The molecule has 3 heterocycles. The standard InChI is InChI=1S/C22H41NO16S.Na/c1-3-4-5-23-6-11(26)19(18(10(23)7-24)37-21-16(30)15(29)13(27)9(2)35-21)38-22-17(31)20(39-40(32,33)34)14(28)12(8-25)36-22;/h9-22,24-31H,3-8H2,1-2H3,(H,32,33,34);/q;+1/p-1/t9-,10+,11-,12+,13+,14-,15+,16-,17+,18+,19+,20-,21-,22-;/m0./s1. The van der Waals surface area contributed by atoms with Crippen molar-refractivity contribution in [2.45, 2.75) is 112 Å². The Hall–Kier alpha value is 0.350. The van der Waals surface area contributed by atoms with Crippen molar-refractivity contribution in [1.82, 2.24) is 4.90 Å². The normalized spacial score (nSPS) is 44.4. The van der Waals surface area contributed by atoms with Gasteiger partial charge in [-0.05, 0) is 19.9 Å². The van der Waals surface area contributed by atoms with Gasteiger partial charge in [-0.25, -0.2) is 8.42 Å². The summed E-state index contributed by atoms with van der Waals surface area (Å²) >= 11 is 0. The number of likely N-dealkylation sites (tertiary alicyclic amines) is 1. The summed E-state index contributed by atoms with van der Waals surface area (Å²) in [6.07, 6.45) is -19.8. The summed E-state index contributed by atoms with van der Waals surface area (Å²) in [5.74, 6) is 0. The Morgan fingerprint density at radius 2 is 1.46 bits per heavy atom. The Morgan fingerprint density at radius 3 is 2.02 bits per heavy atom. The molecule has 19 heteroatoms. The van der Waals surface area contributed by atoms with Gasteiger partial charge in [0.15, 0.2) is 12.6 Å². The maximum atomic E-state index is 11.2. The van der Waals surface area contributed by atoms with Gasteiger partial charge in [-0.15, -0.1) is 0 Å². The Kier molecular flexibility index (Phi) is 14.7. The van der Waals surface area contributed by atoms with E-state index < -0.39 is 109 Å². The SMILES string of the molecule is CCCCN1C[C@H](O)[C@@H](O[C@@H]2O[C@H](CO)[C@H](O)[C@H](OS(=O)(=O)[O-])[C@H]2O)[C@H](O[C@@H]2O[C@@H](C)[C@@H](O)[C@@H](O)[C@@H]2O)[C@H]1CO.[Na+]. The Labute approximate surface area is 259 Å². The number of nitrogens with zero attached hydrogens (tertiary/aromatic N) is 1. The molecule has 0 aromatic carbocycles. The van der Waals surface area contributed by atoms with Crippen LogP contribution in [0.2, 0.25) is 0 Å². The summed E-state index contributed by atoms with van der Waals surface area (Å²) < 4.78 is 60.5. The number of β-amino-alcohol motifs (C(OH)–C–C–N with tert-alkyl or cyclic N) is 1. The second-order valence-electron chi connectivity index (χ2n) is 10.2. The fourth-order valence-corrected chi connectivity index (χ4v) is 5.65. The molecule has 3 rings (SSSR count). The van der Waals surface area contributed by atoms with Crippen LogP contribution in [-0.2, 0) is 33.5 Å². The van der Waals surface area contributed by atoms with E-state index in [-0.39, 0.29) is 36.1 Å². The second kappa shape index (κ2) is 16.1. The minimum atomic E-state index is -5.43. The van der Waals surface area contributed by atoms with Gasteiger partial charge in [0, 0.05) is 6.54 Å². The molecule has 3 fully saturated rings. The van der Waals surface area contributed by atoms with Crippen molar-refractivity contribution in [3.05, 3.63) is 0 Å². The first-order valence-corrected chi connectivity index (χ1v) is 14.4. The van der Waals surface area contributed by atoms with Crippen molar-refractivity contribution in [3.8, 4) is 0 Å². The number of rotatable bonds is 11. The zero-order valence-corrected chi connectivity index (χ0v) is 25.8. The number of ether oxygens (including phenoxy) is 4. The van der Waals surface area contributed by atoms with Gasteiger partial charge < -0.3 is 64.4 Å². The van der Waals surface area contributed by atoms with Gasteiger partial charge in [-0.3, -0.25) is 9.08 Å². The summed E-state index contributed by atoms with van der Waals surface area (Å²) in [6, 6.07) is -0.899. The number of hydrogen-bond acceptors (Lipinski definition) is 17. The minimum Gasteiger partial charge on any atom is -0.726 e. The number of aliphatic hydroxyl groups is 8. The fourth-order valence-electron chi connectivity index (χ4n) is 5.15. The van der Waals surface area contributed by atoms with E-state index in [1.807, 2.05) is 6.92 Å². The quantitative estimate of drug-likeness (QED) is 0.0599. The molecule has 236 valence electrons. The molecule has 41 heavy (non-hydrogen) atoms. The van der Waals surface area contributed by atoms with Crippen LogP contribution in [0.3, 0.4) is 0 Å². The molecule has 17 nitrogen and oxygen atoms in total. The first-order chi connectivity index (χ1) is 18.7. The smallest absolute Gasteiger partial charge is 0.726 e. The van der Waals surface area contributed by atoms with Crippen molar-refractivity contribution in [1.29, 1.82) is 0 Å². The van der Waals surface area contributed by atoms with Gasteiger partial charge >= 0.3 is 29.6 Å². The average Bonchev–Trinajstić information content (AvgIpc) is 2.89. The summed E-state index contributed by atoms with van der Waals surface area (Å²) in [6.45, 7) is 2.26. The molecule has 3 aliphatic rings. The zero-order chi connectivity index (χ0) is 29.9. The monoisotopic (exact) mass is 629 g/mol. The van der Waals surface area contributed by atoms with Crippen LogP contribution < -0.4 is 29.6 Å². The number of piperidine rings is 1. The summed E-state index contributed by atoms with van der Waals surface area (Å²) in [4.78, 5) is 1.71. The molecule has 8 N–H and O–H groups in total. The first-order valence-electron chi connectivity index (χ1n) is 13.0. The third kappa shape index (κ3) is 8.97. The number of aliphatic hydroxyl groups excluding tert-OH is 8. The molecule has 3 saturated heterocycles. The Balaban J connectivity index is 0.00000588. The molecule has 0 aromatic heterocycles. The Morgan fingerprint density at radius 1 is 0.854 bits per heavy atom. The van der Waals surface area contributed by atoms with E-state index in [0.717, 1.165) is 6.42 Å². The van der Waals surface area contributed by atoms with E-state index in [9.17, 15) is 53.8 Å². The summed E-state index contributed by atoms with van der Waals surface area (Å²) in [5.41, 5.74) is 0. The van der Waals surface area contributed by atoms with Crippen molar-refractivity contribution in [3.63, 3.8) is 0 Å². The third-order valence-corrected chi connectivity index (χ3v) is 7.86. The summed E-state index contributed by atoms with van der Waals surface area (Å²) in [5, 5.41) is 82.7. The largest absolute Gasteiger partial charge is 1.00 e. The van der Waals surface area contributed by atoms with Gasteiger partial charge in [0.05, 0.1) is 31.5 Å². The topological polar surface area (TPSA) is 268 Å². The van der Waals surface area contributed by atoms with Gasteiger partial charge in [0.25, 0.3) is 0 Å². The number of unbranched alkanes of at least 4 members (excludes halogenated alkanes) is 1. The Bertz CT molecular complexity index is 905. The van der Waals surface area contributed by atoms with Crippen LogP contribution in [0.1, 0.15) is 26.7 Å². The van der Waals surface area contributed by atoms with E-state index >= 15 is 0 Å². The van der Waals surface area contributed by atoms with E-state index in [1.54, 1.807) is 4.90 Å². The molecule has 0 aromatic rings.